The lowest BCUT2D eigenvalue weighted by molar-refractivity contribution is -0.132. The van der Waals surface area contributed by atoms with Crippen LogP contribution >= 0.6 is 23.4 Å². The summed E-state index contributed by atoms with van der Waals surface area (Å²) in [4.78, 5) is 28.8. The molecule has 2 amide bonds. The average molecular weight is 432 g/mol. The Labute approximate surface area is 181 Å². The highest BCUT2D eigenvalue weighted by Gasteiger charge is 2.22. The zero-order chi connectivity index (χ0) is 20.6. The van der Waals surface area contributed by atoms with E-state index in [0.717, 1.165) is 29.6 Å². The second-order valence-corrected chi connectivity index (χ2v) is 8.77. The predicted octanol–water partition coefficient (Wildman–Crippen LogP) is 3.43. The summed E-state index contributed by atoms with van der Waals surface area (Å²) in [6.45, 7) is 4.76. The molecule has 1 unspecified atom stereocenters. The molecule has 5 nitrogen and oxygen atoms in total. The molecule has 0 bridgehead atoms. The SMILES string of the molecule is CC(SCc1ccccc1)C(=O)NCC(=O)N1CCN(c2ccc(Cl)cc2)CC1. The minimum atomic E-state index is -0.204. The van der Waals surface area contributed by atoms with Crippen LogP contribution < -0.4 is 10.2 Å². The van der Waals surface area contributed by atoms with Crippen LogP contribution in [0.3, 0.4) is 0 Å². The number of anilines is 1. The first-order chi connectivity index (χ1) is 14.0. The van der Waals surface area contributed by atoms with E-state index in [4.69, 9.17) is 11.6 Å². The molecule has 0 aromatic heterocycles. The number of piperazine rings is 1. The Hall–Kier alpha value is -2.18. The van der Waals surface area contributed by atoms with Crippen molar-refractivity contribution >= 4 is 40.9 Å². The Bertz CT molecular complexity index is 809. The number of carbonyl (C=O) groups is 2. The first kappa shape index (κ1) is 21.5. The summed E-state index contributed by atoms with van der Waals surface area (Å²) in [7, 11) is 0. The van der Waals surface area contributed by atoms with Gasteiger partial charge in [0.05, 0.1) is 11.8 Å². The fourth-order valence-electron chi connectivity index (χ4n) is 3.16. The third-order valence-corrected chi connectivity index (χ3v) is 6.42. The third kappa shape index (κ3) is 6.41. The lowest BCUT2D eigenvalue weighted by Gasteiger charge is -2.36. The van der Waals surface area contributed by atoms with Gasteiger partial charge in [0.2, 0.25) is 11.8 Å². The quantitative estimate of drug-likeness (QED) is 0.729. The molecule has 0 aliphatic carbocycles. The maximum absolute atomic E-state index is 12.5. The summed E-state index contributed by atoms with van der Waals surface area (Å²) < 4.78 is 0. The van der Waals surface area contributed by atoms with Crippen molar-refractivity contribution in [3.63, 3.8) is 0 Å². The van der Waals surface area contributed by atoms with Crippen molar-refractivity contribution in [2.24, 2.45) is 0 Å². The van der Waals surface area contributed by atoms with Crippen LogP contribution in [0.15, 0.2) is 54.6 Å². The van der Waals surface area contributed by atoms with Gasteiger partial charge in [0, 0.05) is 42.6 Å². The maximum Gasteiger partial charge on any atom is 0.242 e. The summed E-state index contributed by atoms with van der Waals surface area (Å²) in [5.41, 5.74) is 2.30. The number of rotatable bonds is 7. The molecule has 0 spiro atoms. The molecule has 0 radical (unpaired) electrons. The number of hydrogen-bond acceptors (Lipinski definition) is 4. The topological polar surface area (TPSA) is 52.7 Å². The van der Waals surface area contributed by atoms with Crippen molar-refractivity contribution in [3.05, 3.63) is 65.2 Å². The highest BCUT2D eigenvalue weighted by atomic mass is 35.5. The molecule has 2 aromatic rings. The third-order valence-electron chi connectivity index (χ3n) is 4.95. The van der Waals surface area contributed by atoms with Crippen LogP contribution in [0.5, 0.6) is 0 Å². The van der Waals surface area contributed by atoms with Crippen molar-refractivity contribution < 1.29 is 9.59 Å². The van der Waals surface area contributed by atoms with Gasteiger partial charge in [-0.15, -0.1) is 11.8 Å². The minimum Gasteiger partial charge on any atom is -0.368 e. The van der Waals surface area contributed by atoms with Crippen LogP contribution in [0.4, 0.5) is 5.69 Å². The molecule has 1 aliphatic rings. The van der Waals surface area contributed by atoms with Gasteiger partial charge in [0.15, 0.2) is 0 Å². The molecule has 7 heteroatoms. The Kier molecular flexibility index (Phi) is 7.83. The molecule has 29 heavy (non-hydrogen) atoms. The predicted molar refractivity (Wildman–Crippen MR) is 120 cm³/mol. The fourth-order valence-corrected chi connectivity index (χ4v) is 4.15. The molecule has 2 aromatic carbocycles. The van der Waals surface area contributed by atoms with E-state index in [1.807, 2.05) is 66.4 Å². The number of carbonyl (C=O) groups excluding carboxylic acids is 2. The van der Waals surface area contributed by atoms with E-state index in [0.29, 0.717) is 13.1 Å². The van der Waals surface area contributed by atoms with E-state index in [1.54, 1.807) is 11.8 Å². The van der Waals surface area contributed by atoms with E-state index in [9.17, 15) is 9.59 Å². The highest BCUT2D eigenvalue weighted by molar-refractivity contribution is 7.99. The number of nitrogens with one attached hydrogen (secondary N) is 1. The normalized spacial score (nSPS) is 15.1. The lowest BCUT2D eigenvalue weighted by atomic mass is 10.2. The van der Waals surface area contributed by atoms with Crippen LogP contribution in [-0.4, -0.2) is 54.7 Å². The second-order valence-electron chi connectivity index (χ2n) is 7.00. The minimum absolute atomic E-state index is 0.0330. The van der Waals surface area contributed by atoms with Crippen LogP contribution in [0.2, 0.25) is 5.02 Å². The van der Waals surface area contributed by atoms with Gasteiger partial charge in [0.25, 0.3) is 0 Å². The Morgan fingerprint density at radius 1 is 1.03 bits per heavy atom. The Morgan fingerprint density at radius 2 is 1.69 bits per heavy atom. The molecule has 1 aliphatic heterocycles. The maximum atomic E-state index is 12.5. The molecule has 154 valence electrons. The van der Waals surface area contributed by atoms with E-state index >= 15 is 0 Å². The first-order valence-corrected chi connectivity index (χ1v) is 11.2. The lowest BCUT2D eigenvalue weighted by Crippen LogP contribution is -2.51. The number of hydrogen-bond donors (Lipinski definition) is 1. The van der Waals surface area contributed by atoms with Gasteiger partial charge in [0.1, 0.15) is 0 Å². The standard InChI is InChI=1S/C22H26ClN3O2S/c1-17(29-16-18-5-3-2-4-6-18)22(28)24-15-21(27)26-13-11-25(12-14-26)20-9-7-19(23)8-10-20/h2-10,17H,11-16H2,1H3,(H,24,28). The van der Waals surface area contributed by atoms with Crippen molar-refractivity contribution in [1.29, 1.82) is 0 Å². The molecule has 1 fully saturated rings. The first-order valence-electron chi connectivity index (χ1n) is 9.74. The summed E-state index contributed by atoms with van der Waals surface area (Å²) >= 11 is 7.51. The van der Waals surface area contributed by atoms with Crippen molar-refractivity contribution in [2.45, 2.75) is 17.9 Å². The van der Waals surface area contributed by atoms with Crippen molar-refractivity contribution in [2.75, 3.05) is 37.6 Å². The zero-order valence-electron chi connectivity index (χ0n) is 16.5. The molecule has 1 heterocycles. The van der Waals surface area contributed by atoms with E-state index in [1.165, 1.54) is 5.56 Å². The molecule has 1 N–H and O–H groups in total. The van der Waals surface area contributed by atoms with Gasteiger partial charge in [-0.05, 0) is 36.8 Å². The number of halogens is 1. The van der Waals surface area contributed by atoms with Crippen LogP contribution in [0.25, 0.3) is 0 Å². The summed E-state index contributed by atoms with van der Waals surface area (Å²) in [5, 5.41) is 3.30. The van der Waals surface area contributed by atoms with E-state index in [-0.39, 0.29) is 23.6 Å². The van der Waals surface area contributed by atoms with Gasteiger partial charge in [-0.2, -0.15) is 0 Å². The summed E-state index contributed by atoms with van der Waals surface area (Å²) in [6.07, 6.45) is 0. The molecular formula is C22H26ClN3O2S. The van der Waals surface area contributed by atoms with Crippen molar-refractivity contribution in [3.8, 4) is 0 Å². The number of nitrogens with zero attached hydrogens (tertiary/aromatic N) is 2. The zero-order valence-corrected chi connectivity index (χ0v) is 18.1. The monoisotopic (exact) mass is 431 g/mol. The molecule has 1 saturated heterocycles. The molecule has 0 saturated carbocycles. The van der Waals surface area contributed by atoms with Crippen LogP contribution in [0, 0.1) is 0 Å². The number of thioether (sulfide) groups is 1. The average Bonchev–Trinajstić information content (AvgIpc) is 2.77. The Balaban J connectivity index is 1.38. The highest BCUT2D eigenvalue weighted by Crippen LogP contribution is 2.20. The molecular weight excluding hydrogens is 406 g/mol. The van der Waals surface area contributed by atoms with Gasteiger partial charge in [-0.25, -0.2) is 0 Å². The summed E-state index contributed by atoms with van der Waals surface area (Å²) in [6, 6.07) is 17.8. The van der Waals surface area contributed by atoms with Gasteiger partial charge in [-0.1, -0.05) is 41.9 Å². The number of amides is 2. The Morgan fingerprint density at radius 3 is 2.34 bits per heavy atom. The van der Waals surface area contributed by atoms with E-state index in [2.05, 4.69) is 10.2 Å². The smallest absolute Gasteiger partial charge is 0.242 e. The van der Waals surface area contributed by atoms with Crippen molar-refractivity contribution in [1.82, 2.24) is 10.2 Å². The van der Waals surface area contributed by atoms with Crippen LogP contribution in [0.1, 0.15) is 12.5 Å². The molecule has 1 atom stereocenters. The summed E-state index contributed by atoms with van der Waals surface area (Å²) in [5.74, 6) is 0.643. The number of benzene rings is 2. The van der Waals surface area contributed by atoms with Gasteiger partial charge >= 0.3 is 0 Å². The molecule has 3 rings (SSSR count). The largest absolute Gasteiger partial charge is 0.368 e. The van der Waals surface area contributed by atoms with Gasteiger partial charge < -0.3 is 15.1 Å². The van der Waals surface area contributed by atoms with E-state index < -0.39 is 0 Å². The van der Waals surface area contributed by atoms with Crippen LogP contribution in [-0.2, 0) is 15.3 Å². The van der Waals surface area contributed by atoms with Gasteiger partial charge in [-0.3, -0.25) is 9.59 Å². The second kappa shape index (κ2) is 10.6. The fraction of sp³-hybridized carbons (Fsp3) is 0.364.